The van der Waals surface area contributed by atoms with Crippen LogP contribution in [0.5, 0.6) is 0 Å². The fourth-order valence-corrected chi connectivity index (χ4v) is 2.70. The molecule has 1 N–H and O–H groups in total. The summed E-state index contributed by atoms with van der Waals surface area (Å²) < 4.78 is 7.70. The molecule has 5 nitrogen and oxygen atoms in total. The Morgan fingerprint density at radius 1 is 1.52 bits per heavy atom. The first-order valence-electron chi connectivity index (χ1n) is 7.44. The normalized spacial score (nSPS) is 16.3. The SMILES string of the molecule is CCOCC(C)n1c(C2CC2)nc2ccc(C(=O)O)cc21. The van der Waals surface area contributed by atoms with Crippen LogP contribution < -0.4 is 0 Å². The third-order valence-corrected chi connectivity index (χ3v) is 3.91. The van der Waals surface area contributed by atoms with E-state index in [4.69, 9.17) is 9.72 Å². The molecule has 112 valence electrons. The maximum atomic E-state index is 11.2. The second-order valence-electron chi connectivity index (χ2n) is 5.63. The van der Waals surface area contributed by atoms with E-state index in [2.05, 4.69) is 11.5 Å². The second kappa shape index (κ2) is 5.48. The highest BCUT2D eigenvalue weighted by Gasteiger charge is 2.31. The number of carboxylic acids is 1. The number of carboxylic acid groups (broad SMARTS) is 1. The number of rotatable bonds is 6. The van der Waals surface area contributed by atoms with E-state index >= 15 is 0 Å². The summed E-state index contributed by atoms with van der Waals surface area (Å²) in [4.78, 5) is 15.9. The van der Waals surface area contributed by atoms with Crippen molar-refractivity contribution >= 4 is 17.0 Å². The summed E-state index contributed by atoms with van der Waals surface area (Å²) >= 11 is 0. The molecule has 2 aromatic rings. The van der Waals surface area contributed by atoms with Crippen LogP contribution in [0.3, 0.4) is 0 Å². The van der Waals surface area contributed by atoms with Gasteiger partial charge in [0.05, 0.1) is 29.2 Å². The van der Waals surface area contributed by atoms with Gasteiger partial charge in [0.25, 0.3) is 0 Å². The van der Waals surface area contributed by atoms with Crippen LogP contribution in [-0.4, -0.2) is 33.8 Å². The molecule has 1 saturated carbocycles. The standard InChI is InChI=1S/C16H20N2O3/c1-3-21-9-10(2)18-14-8-12(16(19)20)6-7-13(14)17-15(18)11-4-5-11/h6-8,10-11H,3-5,9H2,1-2H3,(H,19,20). The number of aromatic carboxylic acids is 1. The quantitative estimate of drug-likeness (QED) is 0.886. The van der Waals surface area contributed by atoms with Gasteiger partial charge in [0.15, 0.2) is 0 Å². The number of nitrogens with zero attached hydrogens (tertiary/aromatic N) is 2. The number of ether oxygens (including phenoxy) is 1. The Bertz CT molecular complexity index is 673. The highest BCUT2D eigenvalue weighted by Crippen LogP contribution is 2.41. The number of fused-ring (bicyclic) bond motifs is 1. The molecule has 21 heavy (non-hydrogen) atoms. The molecule has 1 heterocycles. The summed E-state index contributed by atoms with van der Waals surface area (Å²) in [6, 6.07) is 5.29. The van der Waals surface area contributed by atoms with E-state index in [0.29, 0.717) is 24.7 Å². The lowest BCUT2D eigenvalue weighted by atomic mass is 10.2. The third kappa shape index (κ3) is 2.65. The molecule has 1 fully saturated rings. The molecule has 1 aromatic heterocycles. The molecular weight excluding hydrogens is 268 g/mol. The molecule has 1 aliphatic rings. The zero-order chi connectivity index (χ0) is 15.0. The first-order chi connectivity index (χ1) is 10.1. The van der Waals surface area contributed by atoms with Gasteiger partial charge in [0, 0.05) is 12.5 Å². The number of aromatic nitrogens is 2. The summed E-state index contributed by atoms with van der Waals surface area (Å²) in [5.41, 5.74) is 2.06. The Kier molecular flexibility index (Phi) is 3.68. The second-order valence-corrected chi connectivity index (χ2v) is 5.63. The van der Waals surface area contributed by atoms with E-state index in [0.717, 1.165) is 29.7 Å². The number of hydrogen-bond donors (Lipinski definition) is 1. The molecule has 1 unspecified atom stereocenters. The molecule has 1 atom stereocenters. The van der Waals surface area contributed by atoms with Crippen molar-refractivity contribution in [3.05, 3.63) is 29.6 Å². The molecule has 0 radical (unpaired) electrons. The van der Waals surface area contributed by atoms with Crippen LogP contribution in [0.25, 0.3) is 11.0 Å². The predicted molar refractivity (Wildman–Crippen MR) is 79.9 cm³/mol. The Labute approximate surface area is 123 Å². The van der Waals surface area contributed by atoms with E-state index in [1.165, 1.54) is 0 Å². The lowest BCUT2D eigenvalue weighted by Gasteiger charge is -2.17. The van der Waals surface area contributed by atoms with Crippen molar-refractivity contribution in [2.45, 2.75) is 38.6 Å². The fraction of sp³-hybridized carbons (Fsp3) is 0.500. The number of hydrogen-bond acceptors (Lipinski definition) is 3. The van der Waals surface area contributed by atoms with Gasteiger partial charge in [-0.15, -0.1) is 0 Å². The van der Waals surface area contributed by atoms with E-state index in [9.17, 15) is 9.90 Å². The van der Waals surface area contributed by atoms with Crippen LogP contribution in [0, 0.1) is 0 Å². The predicted octanol–water partition coefficient (Wildman–Crippen LogP) is 3.21. The van der Waals surface area contributed by atoms with Crippen LogP contribution in [0.2, 0.25) is 0 Å². The van der Waals surface area contributed by atoms with Crippen molar-refractivity contribution in [2.75, 3.05) is 13.2 Å². The largest absolute Gasteiger partial charge is 0.478 e. The van der Waals surface area contributed by atoms with Crippen LogP contribution in [0.15, 0.2) is 18.2 Å². The smallest absolute Gasteiger partial charge is 0.335 e. The molecule has 0 bridgehead atoms. The molecule has 0 spiro atoms. The van der Waals surface area contributed by atoms with E-state index in [1.54, 1.807) is 18.2 Å². The maximum absolute atomic E-state index is 11.2. The van der Waals surface area contributed by atoms with Gasteiger partial charge in [-0.05, 0) is 44.9 Å². The van der Waals surface area contributed by atoms with Gasteiger partial charge >= 0.3 is 5.97 Å². The van der Waals surface area contributed by atoms with Crippen molar-refractivity contribution in [2.24, 2.45) is 0 Å². The van der Waals surface area contributed by atoms with Crippen LogP contribution in [-0.2, 0) is 4.74 Å². The van der Waals surface area contributed by atoms with E-state index in [1.807, 2.05) is 6.92 Å². The highest BCUT2D eigenvalue weighted by atomic mass is 16.5. The van der Waals surface area contributed by atoms with Gasteiger partial charge < -0.3 is 14.4 Å². The maximum Gasteiger partial charge on any atom is 0.335 e. The molecule has 1 aliphatic carbocycles. The zero-order valence-electron chi connectivity index (χ0n) is 12.4. The summed E-state index contributed by atoms with van der Waals surface area (Å²) in [5.74, 6) is 0.671. The summed E-state index contributed by atoms with van der Waals surface area (Å²) in [6.07, 6.45) is 2.33. The van der Waals surface area contributed by atoms with Gasteiger partial charge in [-0.2, -0.15) is 0 Å². The third-order valence-electron chi connectivity index (χ3n) is 3.91. The summed E-state index contributed by atoms with van der Waals surface area (Å²) in [7, 11) is 0. The van der Waals surface area contributed by atoms with E-state index < -0.39 is 5.97 Å². The summed E-state index contributed by atoms with van der Waals surface area (Å²) in [5, 5.41) is 9.19. The van der Waals surface area contributed by atoms with Crippen molar-refractivity contribution in [1.82, 2.24) is 9.55 Å². The molecule has 3 rings (SSSR count). The molecule has 0 saturated heterocycles. The topological polar surface area (TPSA) is 64.4 Å². The number of carbonyl (C=O) groups is 1. The monoisotopic (exact) mass is 288 g/mol. The van der Waals surface area contributed by atoms with Crippen molar-refractivity contribution in [1.29, 1.82) is 0 Å². The van der Waals surface area contributed by atoms with Crippen molar-refractivity contribution < 1.29 is 14.6 Å². The lowest BCUT2D eigenvalue weighted by Crippen LogP contribution is -2.15. The molecule has 1 aromatic carbocycles. The van der Waals surface area contributed by atoms with Crippen molar-refractivity contribution in [3.63, 3.8) is 0 Å². The Morgan fingerprint density at radius 2 is 2.29 bits per heavy atom. The average Bonchev–Trinajstić information content (AvgIpc) is 3.24. The fourth-order valence-electron chi connectivity index (χ4n) is 2.70. The number of imidazole rings is 1. The average molecular weight is 288 g/mol. The van der Waals surface area contributed by atoms with Gasteiger partial charge in [-0.1, -0.05) is 0 Å². The van der Waals surface area contributed by atoms with Gasteiger partial charge in [0.2, 0.25) is 0 Å². The first kappa shape index (κ1) is 14.1. The van der Waals surface area contributed by atoms with Crippen LogP contribution >= 0.6 is 0 Å². The lowest BCUT2D eigenvalue weighted by molar-refractivity contribution is 0.0697. The van der Waals surface area contributed by atoms with Gasteiger partial charge in [0.1, 0.15) is 5.82 Å². The summed E-state index contributed by atoms with van der Waals surface area (Å²) in [6.45, 7) is 5.36. The minimum atomic E-state index is -0.907. The zero-order valence-corrected chi connectivity index (χ0v) is 12.4. The Hall–Kier alpha value is -1.88. The highest BCUT2D eigenvalue weighted by molar-refractivity contribution is 5.92. The Balaban J connectivity index is 2.09. The van der Waals surface area contributed by atoms with Crippen LogP contribution in [0.1, 0.15) is 54.8 Å². The molecule has 0 amide bonds. The van der Waals surface area contributed by atoms with E-state index in [-0.39, 0.29) is 6.04 Å². The number of benzene rings is 1. The van der Waals surface area contributed by atoms with Gasteiger partial charge in [-0.3, -0.25) is 0 Å². The minimum absolute atomic E-state index is 0.148. The minimum Gasteiger partial charge on any atom is -0.478 e. The van der Waals surface area contributed by atoms with Crippen molar-refractivity contribution in [3.8, 4) is 0 Å². The first-order valence-corrected chi connectivity index (χ1v) is 7.44. The molecule has 0 aliphatic heterocycles. The molecular formula is C16H20N2O3. The van der Waals surface area contributed by atoms with Gasteiger partial charge in [-0.25, -0.2) is 9.78 Å². The molecule has 5 heteroatoms. The Morgan fingerprint density at radius 3 is 2.90 bits per heavy atom. The van der Waals surface area contributed by atoms with Crippen LogP contribution in [0.4, 0.5) is 0 Å².